The fourth-order valence-electron chi connectivity index (χ4n) is 2.31. The van der Waals surface area contributed by atoms with Gasteiger partial charge in [-0.15, -0.1) is 0 Å². The van der Waals surface area contributed by atoms with Crippen LogP contribution in [0.15, 0.2) is 34.9 Å². The Balaban J connectivity index is 1.67. The molecule has 0 atom stereocenters. The largest absolute Gasteiger partial charge is 0.483 e. The van der Waals surface area contributed by atoms with Crippen LogP contribution in [0, 0.1) is 6.92 Å². The number of carbonyl (C=O) groups excluding carboxylic acids is 1. The minimum absolute atomic E-state index is 0.121. The van der Waals surface area contributed by atoms with Crippen LogP contribution >= 0.6 is 27.5 Å². The Morgan fingerprint density at radius 2 is 2.21 bits per heavy atom. The first-order valence-corrected chi connectivity index (χ1v) is 8.28. The summed E-state index contributed by atoms with van der Waals surface area (Å²) in [4.78, 5) is 16.4. The summed E-state index contributed by atoms with van der Waals surface area (Å²) in [6.45, 7) is 1.78. The average Bonchev–Trinajstić information content (AvgIpc) is 2.81. The van der Waals surface area contributed by atoms with Crippen LogP contribution < -0.4 is 10.1 Å². The van der Waals surface area contributed by atoms with Crippen molar-refractivity contribution in [1.29, 1.82) is 0 Å². The van der Waals surface area contributed by atoms with Crippen LogP contribution in [0.3, 0.4) is 0 Å². The zero-order valence-electron chi connectivity index (χ0n) is 13.0. The molecule has 124 valence electrons. The number of anilines is 1. The van der Waals surface area contributed by atoms with Gasteiger partial charge in [0, 0.05) is 17.5 Å². The maximum Gasteiger partial charge on any atom is 0.262 e. The minimum atomic E-state index is -0.278. The van der Waals surface area contributed by atoms with Gasteiger partial charge in [-0.05, 0) is 47.1 Å². The lowest BCUT2D eigenvalue weighted by atomic mass is 10.2. The van der Waals surface area contributed by atoms with Gasteiger partial charge in [0.25, 0.3) is 5.91 Å². The number of halogens is 2. The molecule has 3 aromatic rings. The third-order valence-corrected chi connectivity index (χ3v) is 4.25. The Bertz CT molecular complexity index is 926. The summed E-state index contributed by atoms with van der Waals surface area (Å²) < 4.78 is 7.88. The molecule has 8 heteroatoms. The van der Waals surface area contributed by atoms with E-state index in [1.54, 1.807) is 29.1 Å². The number of hydrogen-bond acceptors (Lipinski definition) is 4. The molecule has 6 nitrogen and oxygen atoms in total. The summed E-state index contributed by atoms with van der Waals surface area (Å²) in [7, 11) is 1.83. The van der Waals surface area contributed by atoms with Crippen molar-refractivity contribution >= 4 is 50.2 Å². The molecule has 2 aromatic heterocycles. The van der Waals surface area contributed by atoms with Crippen LogP contribution in [-0.2, 0) is 11.8 Å². The van der Waals surface area contributed by atoms with Crippen molar-refractivity contribution in [2.24, 2.45) is 7.05 Å². The number of aryl methyl sites for hydroxylation is 2. The topological polar surface area (TPSA) is 69.0 Å². The number of aromatic nitrogens is 3. The summed E-state index contributed by atoms with van der Waals surface area (Å²) in [5, 5.41) is 8.56. The van der Waals surface area contributed by atoms with Crippen molar-refractivity contribution < 1.29 is 9.53 Å². The first-order chi connectivity index (χ1) is 11.4. The van der Waals surface area contributed by atoms with Gasteiger partial charge in [0.1, 0.15) is 5.75 Å². The Morgan fingerprint density at radius 1 is 1.42 bits per heavy atom. The monoisotopic (exact) mass is 408 g/mol. The minimum Gasteiger partial charge on any atom is -0.483 e. The van der Waals surface area contributed by atoms with E-state index in [0.717, 1.165) is 16.7 Å². The number of nitrogens with one attached hydrogen (secondary N) is 1. The molecule has 0 aliphatic heterocycles. The summed E-state index contributed by atoms with van der Waals surface area (Å²) in [6.07, 6.45) is 1.60. The van der Waals surface area contributed by atoms with E-state index in [0.29, 0.717) is 20.9 Å². The number of pyridine rings is 1. The van der Waals surface area contributed by atoms with Crippen LogP contribution in [0.2, 0.25) is 5.02 Å². The van der Waals surface area contributed by atoms with Crippen molar-refractivity contribution in [3.05, 3.63) is 45.7 Å². The predicted octanol–water partition coefficient (Wildman–Crippen LogP) is 3.71. The molecule has 0 radical (unpaired) electrons. The first kappa shape index (κ1) is 16.7. The van der Waals surface area contributed by atoms with E-state index in [1.807, 2.05) is 20.0 Å². The number of fused-ring (bicyclic) bond motifs is 1. The second-order valence-electron chi connectivity index (χ2n) is 5.22. The number of ether oxygens (including phenoxy) is 1. The molecule has 2 heterocycles. The van der Waals surface area contributed by atoms with Gasteiger partial charge in [-0.1, -0.05) is 11.6 Å². The van der Waals surface area contributed by atoms with Gasteiger partial charge in [0.15, 0.2) is 12.3 Å². The quantitative estimate of drug-likeness (QED) is 0.713. The fraction of sp³-hybridized carbons (Fsp3) is 0.188. The Labute approximate surface area is 151 Å². The van der Waals surface area contributed by atoms with E-state index in [2.05, 4.69) is 31.3 Å². The number of amides is 1. The van der Waals surface area contributed by atoms with Gasteiger partial charge < -0.3 is 10.1 Å². The molecule has 0 saturated heterocycles. The van der Waals surface area contributed by atoms with Gasteiger partial charge in [0.2, 0.25) is 0 Å². The molecular weight excluding hydrogens is 396 g/mol. The van der Waals surface area contributed by atoms with Gasteiger partial charge in [-0.3, -0.25) is 9.48 Å². The number of rotatable bonds is 4. The molecule has 0 spiro atoms. The normalized spacial score (nSPS) is 10.8. The molecule has 0 bridgehead atoms. The number of hydrogen-bond donors (Lipinski definition) is 1. The number of benzene rings is 1. The van der Waals surface area contributed by atoms with E-state index in [9.17, 15) is 4.79 Å². The molecule has 3 rings (SSSR count). The van der Waals surface area contributed by atoms with E-state index in [4.69, 9.17) is 16.3 Å². The van der Waals surface area contributed by atoms with Gasteiger partial charge in [0.05, 0.1) is 22.1 Å². The van der Waals surface area contributed by atoms with Crippen LogP contribution in [-0.4, -0.2) is 27.3 Å². The van der Waals surface area contributed by atoms with Crippen molar-refractivity contribution in [3.63, 3.8) is 0 Å². The molecular formula is C16H14BrClN4O2. The molecule has 0 aliphatic carbocycles. The molecule has 1 aromatic carbocycles. The molecule has 0 aliphatic rings. The smallest absolute Gasteiger partial charge is 0.262 e. The van der Waals surface area contributed by atoms with Crippen LogP contribution in [0.5, 0.6) is 5.75 Å². The summed E-state index contributed by atoms with van der Waals surface area (Å²) >= 11 is 9.21. The van der Waals surface area contributed by atoms with Gasteiger partial charge in [-0.2, -0.15) is 5.10 Å². The second-order valence-corrected chi connectivity index (χ2v) is 6.51. The maximum absolute atomic E-state index is 12.1. The first-order valence-electron chi connectivity index (χ1n) is 7.11. The molecule has 1 N–H and O–H groups in total. The van der Waals surface area contributed by atoms with Crippen molar-refractivity contribution in [3.8, 4) is 5.75 Å². The Morgan fingerprint density at radius 3 is 2.96 bits per heavy atom. The zero-order chi connectivity index (χ0) is 17.3. The van der Waals surface area contributed by atoms with E-state index >= 15 is 0 Å². The molecule has 0 unspecified atom stereocenters. The maximum atomic E-state index is 12.1. The predicted molar refractivity (Wildman–Crippen MR) is 96.5 cm³/mol. The van der Waals surface area contributed by atoms with Crippen molar-refractivity contribution in [2.45, 2.75) is 6.92 Å². The van der Waals surface area contributed by atoms with Gasteiger partial charge in [-0.25, -0.2) is 4.98 Å². The lowest BCUT2D eigenvalue weighted by Crippen LogP contribution is -2.20. The highest BCUT2D eigenvalue weighted by Gasteiger charge is 2.10. The average molecular weight is 410 g/mol. The molecule has 0 fully saturated rings. The summed E-state index contributed by atoms with van der Waals surface area (Å²) in [6, 6.07) is 6.95. The van der Waals surface area contributed by atoms with Crippen molar-refractivity contribution in [2.75, 3.05) is 11.9 Å². The standard InChI is InChI=1S/C16H14BrClN4O2/c1-9-12-6-11(7-19-16(12)22(2)21-9)20-15(23)8-24-14-4-3-10(18)5-13(14)17/h3-7H,8H2,1-2H3,(H,20,23). The van der Waals surface area contributed by atoms with E-state index in [-0.39, 0.29) is 12.5 Å². The van der Waals surface area contributed by atoms with Crippen LogP contribution in [0.25, 0.3) is 11.0 Å². The summed E-state index contributed by atoms with van der Waals surface area (Å²) in [5.41, 5.74) is 2.23. The lowest BCUT2D eigenvalue weighted by molar-refractivity contribution is -0.118. The third kappa shape index (κ3) is 3.52. The van der Waals surface area contributed by atoms with Crippen molar-refractivity contribution in [1.82, 2.24) is 14.8 Å². The highest BCUT2D eigenvalue weighted by molar-refractivity contribution is 9.10. The third-order valence-electron chi connectivity index (χ3n) is 3.40. The summed E-state index contributed by atoms with van der Waals surface area (Å²) in [5.74, 6) is 0.269. The molecule has 24 heavy (non-hydrogen) atoms. The second kappa shape index (κ2) is 6.78. The highest BCUT2D eigenvalue weighted by Crippen LogP contribution is 2.28. The number of carbonyl (C=O) groups is 1. The van der Waals surface area contributed by atoms with Crippen LogP contribution in [0.1, 0.15) is 5.69 Å². The van der Waals surface area contributed by atoms with Gasteiger partial charge >= 0.3 is 0 Å². The zero-order valence-corrected chi connectivity index (χ0v) is 15.3. The molecule has 0 saturated carbocycles. The van der Waals surface area contributed by atoms with E-state index < -0.39 is 0 Å². The van der Waals surface area contributed by atoms with E-state index in [1.165, 1.54) is 0 Å². The molecule has 1 amide bonds. The SMILES string of the molecule is Cc1nn(C)c2ncc(NC(=O)COc3ccc(Cl)cc3Br)cc12. The highest BCUT2D eigenvalue weighted by atomic mass is 79.9. The number of nitrogens with zero attached hydrogens (tertiary/aromatic N) is 3. The Hall–Kier alpha value is -2.12. The lowest BCUT2D eigenvalue weighted by Gasteiger charge is -2.09. The Kier molecular flexibility index (Phi) is 4.73. The van der Waals surface area contributed by atoms with Crippen LogP contribution in [0.4, 0.5) is 5.69 Å². The fourth-order valence-corrected chi connectivity index (χ4v) is 3.11.